The first-order valence-electron chi connectivity index (χ1n) is 9.28. The van der Waals surface area contributed by atoms with Crippen molar-refractivity contribution in [3.05, 3.63) is 28.6 Å². The third-order valence-electron chi connectivity index (χ3n) is 4.33. The highest BCUT2D eigenvalue weighted by molar-refractivity contribution is 6.00. The Morgan fingerprint density at radius 3 is 2.61 bits per heavy atom. The van der Waals surface area contributed by atoms with Gasteiger partial charge in [-0.1, -0.05) is 13.8 Å². The van der Waals surface area contributed by atoms with Crippen LogP contribution in [0.4, 0.5) is 4.79 Å². The van der Waals surface area contributed by atoms with Crippen LogP contribution >= 0.6 is 0 Å². The molecule has 8 nitrogen and oxygen atoms in total. The predicted molar refractivity (Wildman–Crippen MR) is 103 cm³/mol. The van der Waals surface area contributed by atoms with Gasteiger partial charge < -0.3 is 14.6 Å². The summed E-state index contributed by atoms with van der Waals surface area (Å²) < 4.78 is 7.07. The quantitative estimate of drug-likeness (QED) is 0.424. The van der Waals surface area contributed by atoms with Gasteiger partial charge in [-0.15, -0.1) is 0 Å². The zero-order chi connectivity index (χ0) is 20.8. The predicted octanol–water partition coefficient (Wildman–Crippen LogP) is 2.37. The average Bonchev–Trinajstić information content (AvgIpc) is 3.42. The zero-order valence-corrected chi connectivity index (χ0v) is 16.7. The Morgan fingerprint density at radius 1 is 1.36 bits per heavy atom. The lowest BCUT2D eigenvalue weighted by Crippen LogP contribution is -2.42. The maximum Gasteiger partial charge on any atom is 0.349 e. The van der Waals surface area contributed by atoms with Crippen LogP contribution in [0.2, 0.25) is 0 Å². The lowest BCUT2D eigenvalue weighted by molar-refractivity contribution is -0.144. The molecule has 0 saturated heterocycles. The molecule has 1 fully saturated rings. The number of hydrogen-bond donors (Lipinski definition) is 2. The molecule has 1 aliphatic rings. The monoisotopic (exact) mass is 386 g/mol. The van der Waals surface area contributed by atoms with Gasteiger partial charge in [-0.2, -0.15) is 5.26 Å². The molecule has 28 heavy (non-hydrogen) atoms. The van der Waals surface area contributed by atoms with Crippen molar-refractivity contribution in [3.8, 4) is 6.07 Å². The van der Waals surface area contributed by atoms with Crippen molar-refractivity contribution in [3.63, 3.8) is 0 Å². The molecular weight excluding hydrogens is 360 g/mol. The van der Waals surface area contributed by atoms with Crippen LogP contribution in [0.25, 0.3) is 6.08 Å². The molecule has 1 saturated carbocycles. The second-order valence-corrected chi connectivity index (χ2v) is 7.33. The summed E-state index contributed by atoms with van der Waals surface area (Å²) in [5.41, 5.74) is 2.63. The largest absolute Gasteiger partial charge is 0.451 e. The Bertz CT molecular complexity index is 841. The van der Waals surface area contributed by atoms with E-state index in [9.17, 15) is 19.6 Å². The summed E-state index contributed by atoms with van der Waals surface area (Å²) >= 11 is 0. The minimum absolute atomic E-state index is 0.201. The van der Waals surface area contributed by atoms with Crippen LogP contribution in [0.5, 0.6) is 0 Å². The number of esters is 1. The molecule has 0 spiro atoms. The van der Waals surface area contributed by atoms with E-state index in [1.807, 2.05) is 39.8 Å². The number of nitriles is 1. The lowest BCUT2D eigenvalue weighted by atomic mass is 10.1. The van der Waals surface area contributed by atoms with Crippen molar-refractivity contribution in [1.29, 1.82) is 5.26 Å². The highest BCUT2D eigenvalue weighted by Crippen LogP contribution is 2.38. The van der Waals surface area contributed by atoms with Crippen LogP contribution in [-0.4, -0.2) is 35.6 Å². The van der Waals surface area contributed by atoms with Crippen molar-refractivity contribution in [2.24, 2.45) is 5.92 Å². The van der Waals surface area contributed by atoms with Gasteiger partial charge in [0.15, 0.2) is 6.61 Å². The SMILES string of the molecule is Cc1cc(/C=C(\C#N)C(=O)OCC(=O)NC(=O)NCC(C)C)c(C)n1C1CC1. The van der Waals surface area contributed by atoms with E-state index >= 15 is 0 Å². The Balaban J connectivity index is 1.94. The van der Waals surface area contributed by atoms with Crippen molar-refractivity contribution in [1.82, 2.24) is 15.2 Å². The number of imide groups is 1. The first-order valence-corrected chi connectivity index (χ1v) is 9.28. The van der Waals surface area contributed by atoms with Gasteiger partial charge in [0, 0.05) is 24.0 Å². The molecule has 1 aromatic heterocycles. The molecule has 2 rings (SSSR count). The summed E-state index contributed by atoms with van der Waals surface area (Å²) in [5, 5.41) is 13.9. The first kappa shape index (κ1) is 21.2. The highest BCUT2D eigenvalue weighted by Gasteiger charge is 2.27. The van der Waals surface area contributed by atoms with Crippen LogP contribution in [0.1, 0.15) is 49.7 Å². The Kier molecular flexibility index (Phi) is 6.99. The van der Waals surface area contributed by atoms with Crippen LogP contribution in [-0.2, 0) is 14.3 Å². The summed E-state index contributed by atoms with van der Waals surface area (Å²) in [6, 6.07) is 3.57. The number of carbonyl (C=O) groups excluding carboxylic acids is 3. The van der Waals surface area contributed by atoms with E-state index in [1.54, 1.807) is 0 Å². The molecule has 0 radical (unpaired) electrons. The molecule has 0 aromatic carbocycles. The summed E-state index contributed by atoms with van der Waals surface area (Å²) in [4.78, 5) is 35.3. The van der Waals surface area contributed by atoms with Crippen LogP contribution in [0, 0.1) is 31.1 Å². The average molecular weight is 386 g/mol. The molecule has 150 valence electrons. The van der Waals surface area contributed by atoms with E-state index in [-0.39, 0.29) is 11.5 Å². The number of aromatic nitrogens is 1. The van der Waals surface area contributed by atoms with Crippen molar-refractivity contribution < 1.29 is 19.1 Å². The van der Waals surface area contributed by atoms with Crippen LogP contribution in [0.15, 0.2) is 11.6 Å². The van der Waals surface area contributed by atoms with Gasteiger partial charge in [0.1, 0.15) is 11.6 Å². The summed E-state index contributed by atoms with van der Waals surface area (Å²) in [6.07, 6.45) is 3.73. The third kappa shape index (κ3) is 5.71. The van der Waals surface area contributed by atoms with E-state index < -0.39 is 24.5 Å². The standard InChI is InChI=1S/C20H26N4O4/c1-12(2)10-22-20(27)23-18(25)11-28-19(26)16(9-21)8-15-7-13(3)24(14(15)4)17-5-6-17/h7-8,12,17H,5-6,10-11H2,1-4H3,(H2,22,23,25,27)/b16-8+. The number of rotatable bonds is 7. The highest BCUT2D eigenvalue weighted by atomic mass is 16.5. The molecule has 3 amide bonds. The van der Waals surface area contributed by atoms with Gasteiger partial charge in [-0.3, -0.25) is 10.1 Å². The van der Waals surface area contributed by atoms with Crippen molar-refractivity contribution in [2.45, 2.75) is 46.6 Å². The summed E-state index contributed by atoms with van der Waals surface area (Å²) in [5.74, 6) is -1.43. The molecule has 8 heteroatoms. The fourth-order valence-corrected chi connectivity index (χ4v) is 2.85. The van der Waals surface area contributed by atoms with Gasteiger partial charge in [-0.05, 0) is 50.3 Å². The number of nitrogens with one attached hydrogen (secondary N) is 2. The number of aryl methyl sites for hydroxylation is 1. The molecule has 2 N–H and O–H groups in total. The van der Waals surface area contributed by atoms with Gasteiger partial charge in [0.25, 0.3) is 5.91 Å². The Morgan fingerprint density at radius 2 is 2.04 bits per heavy atom. The maximum absolute atomic E-state index is 12.1. The Hall–Kier alpha value is -3.08. The number of hydrogen-bond acceptors (Lipinski definition) is 5. The third-order valence-corrected chi connectivity index (χ3v) is 4.33. The maximum atomic E-state index is 12.1. The van der Waals surface area contributed by atoms with Gasteiger partial charge in [0.05, 0.1) is 0 Å². The van der Waals surface area contributed by atoms with E-state index in [0.29, 0.717) is 12.6 Å². The van der Waals surface area contributed by atoms with Crippen LogP contribution < -0.4 is 10.6 Å². The minimum Gasteiger partial charge on any atom is -0.451 e. The molecule has 0 atom stereocenters. The molecular formula is C20H26N4O4. The van der Waals surface area contributed by atoms with E-state index in [1.165, 1.54) is 6.08 Å². The van der Waals surface area contributed by atoms with Crippen molar-refractivity contribution >= 4 is 24.0 Å². The number of carbonyl (C=O) groups is 3. The van der Waals surface area contributed by atoms with Gasteiger partial charge in [-0.25, -0.2) is 9.59 Å². The normalized spacial score (nSPS) is 13.8. The van der Waals surface area contributed by atoms with Crippen molar-refractivity contribution in [2.75, 3.05) is 13.2 Å². The number of ether oxygens (including phenoxy) is 1. The fourth-order valence-electron chi connectivity index (χ4n) is 2.85. The second-order valence-electron chi connectivity index (χ2n) is 7.33. The van der Waals surface area contributed by atoms with Gasteiger partial charge in [0.2, 0.25) is 0 Å². The number of urea groups is 1. The molecule has 1 aromatic rings. The molecule has 1 heterocycles. The Labute approximate surface area is 164 Å². The zero-order valence-electron chi connectivity index (χ0n) is 16.7. The van der Waals surface area contributed by atoms with E-state index in [4.69, 9.17) is 4.74 Å². The fraction of sp³-hybridized carbons (Fsp3) is 0.500. The molecule has 0 unspecified atom stereocenters. The molecule has 0 aliphatic heterocycles. The summed E-state index contributed by atoms with van der Waals surface area (Å²) in [6.45, 7) is 7.54. The number of amides is 3. The lowest BCUT2D eigenvalue weighted by Gasteiger charge is -2.09. The second kappa shape index (κ2) is 9.22. The molecule has 1 aliphatic carbocycles. The van der Waals surface area contributed by atoms with E-state index in [0.717, 1.165) is 29.8 Å². The first-order chi connectivity index (χ1) is 13.2. The van der Waals surface area contributed by atoms with Crippen LogP contribution in [0.3, 0.4) is 0 Å². The summed E-state index contributed by atoms with van der Waals surface area (Å²) in [7, 11) is 0. The number of nitrogens with zero attached hydrogens (tertiary/aromatic N) is 2. The minimum atomic E-state index is -0.906. The van der Waals surface area contributed by atoms with E-state index in [2.05, 4.69) is 15.2 Å². The smallest absolute Gasteiger partial charge is 0.349 e. The van der Waals surface area contributed by atoms with Gasteiger partial charge >= 0.3 is 12.0 Å². The molecule has 0 bridgehead atoms. The topological polar surface area (TPSA) is 113 Å².